The van der Waals surface area contributed by atoms with Crippen LogP contribution in [0.1, 0.15) is 129 Å². The average Bonchev–Trinajstić information content (AvgIpc) is 3.21. The summed E-state index contributed by atoms with van der Waals surface area (Å²) in [4.78, 5) is 23.5. The minimum Gasteiger partial charge on any atom is -0.462 e. The molecule has 0 bridgehead atoms. The van der Waals surface area contributed by atoms with Crippen LogP contribution in [0, 0.1) is 0 Å². The van der Waals surface area contributed by atoms with Gasteiger partial charge in [0.05, 0.1) is 6.61 Å². The maximum atomic E-state index is 11.2. The summed E-state index contributed by atoms with van der Waals surface area (Å²) >= 11 is 0. The fraction of sp³-hybridized carbons (Fsp3) is 0.786. The number of hydrogen-bond donors (Lipinski definition) is 0. The Morgan fingerprint density at radius 1 is 0.875 bits per heavy atom. The Bertz CT molecular complexity index is 501. The van der Waals surface area contributed by atoms with Crippen LogP contribution in [0.25, 0.3) is 0 Å². The van der Waals surface area contributed by atoms with Crippen LogP contribution in [0.2, 0.25) is 0 Å². The van der Waals surface area contributed by atoms with Gasteiger partial charge in [0.25, 0.3) is 0 Å². The van der Waals surface area contributed by atoms with E-state index >= 15 is 0 Å². The number of likely N-dealkylation sites (tertiary alicyclic amines) is 1. The second kappa shape index (κ2) is 22.6. The lowest BCUT2D eigenvalue weighted by Crippen LogP contribution is -2.16. The highest BCUT2D eigenvalue weighted by atomic mass is 16.5. The molecule has 1 amide bonds. The molecular weight excluding hydrogens is 398 g/mol. The number of carbonyl (C=O) groups is 2. The zero-order valence-corrected chi connectivity index (χ0v) is 21.3. The van der Waals surface area contributed by atoms with E-state index < -0.39 is 0 Å². The van der Waals surface area contributed by atoms with Crippen LogP contribution in [0.3, 0.4) is 0 Å². The number of unbranched alkanes of at least 4 members (excludes halogenated alkanes) is 15. The fourth-order valence-corrected chi connectivity index (χ4v) is 3.80. The average molecular weight is 450 g/mol. The van der Waals surface area contributed by atoms with Gasteiger partial charge in [-0.3, -0.25) is 4.79 Å². The molecule has 0 aromatic carbocycles. The van der Waals surface area contributed by atoms with Gasteiger partial charge >= 0.3 is 5.97 Å². The molecule has 0 aromatic heterocycles. The van der Waals surface area contributed by atoms with E-state index in [1.807, 2.05) is 0 Å². The van der Waals surface area contributed by atoms with Gasteiger partial charge in [-0.1, -0.05) is 116 Å². The second-order valence-corrected chi connectivity index (χ2v) is 9.09. The fourth-order valence-electron chi connectivity index (χ4n) is 3.80. The number of amides is 1. The van der Waals surface area contributed by atoms with E-state index in [1.54, 1.807) is 18.0 Å². The van der Waals surface area contributed by atoms with Crippen molar-refractivity contribution < 1.29 is 14.3 Å². The van der Waals surface area contributed by atoms with Crippen LogP contribution in [0.4, 0.5) is 0 Å². The first-order valence-corrected chi connectivity index (χ1v) is 13.3. The van der Waals surface area contributed by atoms with Gasteiger partial charge in [-0.2, -0.15) is 0 Å². The molecule has 32 heavy (non-hydrogen) atoms. The standard InChI is InChI=1S/C22H42O2.C6H9NO/c1-4-5-6-7-8-9-10-11-12-13-14-15-16-17-18-19-20-24-22(23)21(2)3;1-2-7-5-3-4-6(7)8/h2,4-20H2,1,3H3;2H,1,3-5H2. The molecule has 1 heterocycles. The first-order valence-electron chi connectivity index (χ1n) is 13.3. The second-order valence-electron chi connectivity index (χ2n) is 9.09. The zero-order chi connectivity index (χ0) is 23.9. The molecule has 1 aliphatic heterocycles. The highest BCUT2D eigenvalue weighted by Gasteiger charge is 2.16. The number of rotatable bonds is 19. The Morgan fingerprint density at radius 3 is 1.62 bits per heavy atom. The third-order valence-electron chi connectivity index (χ3n) is 5.91. The molecule has 186 valence electrons. The smallest absolute Gasteiger partial charge is 0.333 e. The minimum absolute atomic E-state index is 0.208. The van der Waals surface area contributed by atoms with Gasteiger partial charge < -0.3 is 9.64 Å². The minimum atomic E-state index is -0.254. The topological polar surface area (TPSA) is 46.6 Å². The molecule has 4 heteroatoms. The summed E-state index contributed by atoms with van der Waals surface area (Å²) in [6, 6.07) is 0. The molecule has 0 aromatic rings. The van der Waals surface area contributed by atoms with E-state index in [-0.39, 0.29) is 11.9 Å². The lowest BCUT2D eigenvalue weighted by molar-refractivity contribution is -0.139. The highest BCUT2D eigenvalue weighted by molar-refractivity contribution is 5.86. The van der Waals surface area contributed by atoms with E-state index in [1.165, 1.54) is 96.3 Å². The summed E-state index contributed by atoms with van der Waals surface area (Å²) < 4.78 is 5.08. The number of carbonyl (C=O) groups excluding carboxylic acids is 2. The quantitative estimate of drug-likeness (QED) is 0.114. The van der Waals surface area contributed by atoms with Crippen molar-refractivity contribution in [2.75, 3.05) is 13.2 Å². The highest BCUT2D eigenvalue weighted by Crippen LogP contribution is 2.13. The molecule has 0 atom stereocenters. The molecule has 0 radical (unpaired) electrons. The van der Waals surface area contributed by atoms with Gasteiger partial charge in [-0.15, -0.1) is 0 Å². The van der Waals surface area contributed by atoms with Crippen molar-refractivity contribution in [2.24, 2.45) is 0 Å². The van der Waals surface area contributed by atoms with Gasteiger partial charge in [0.1, 0.15) is 0 Å². The van der Waals surface area contributed by atoms with Crippen LogP contribution in [0.15, 0.2) is 24.9 Å². The molecular formula is C28H51NO3. The number of nitrogens with zero attached hydrogens (tertiary/aromatic N) is 1. The molecule has 0 unspecified atom stereocenters. The maximum absolute atomic E-state index is 11.2. The van der Waals surface area contributed by atoms with Crippen molar-refractivity contribution >= 4 is 11.9 Å². The Hall–Kier alpha value is -1.58. The first-order chi connectivity index (χ1) is 15.5. The molecule has 1 fully saturated rings. The lowest BCUT2D eigenvalue weighted by Gasteiger charge is -2.05. The zero-order valence-electron chi connectivity index (χ0n) is 21.3. The predicted molar refractivity (Wildman–Crippen MR) is 136 cm³/mol. The maximum Gasteiger partial charge on any atom is 0.333 e. The molecule has 0 N–H and O–H groups in total. The van der Waals surface area contributed by atoms with Crippen LogP contribution in [0.5, 0.6) is 0 Å². The van der Waals surface area contributed by atoms with E-state index in [9.17, 15) is 9.59 Å². The monoisotopic (exact) mass is 449 g/mol. The predicted octanol–water partition coefficient (Wildman–Crippen LogP) is 8.12. The Morgan fingerprint density at radius 2 is 1.31 bits per heavy atom. The van der Waals surface area contributed by atoms with E-state index in [2.05, 4.69) is 20.1 Å². The lowest BCUT2D eigenvalue weighted by atomic mass is 10.0. The summed E-state index contributed by atoms with van der Waals surface area (Å²) in [5, 5.41) is 0. The van der Waals surface area contributed by atoms with Gasteiger partial charge in [0, 0.05) is 18.5 Å². The number of hydrogen-bond acceptors (Lipinski definition) is 3. The third kappa shape index (κ3) is 19.1. The molecule has 0 saturated carbocycles. The molecule has 1 saturated heterocycles. The number of esters is 1. The Balaban J connectivity index is 0.000000995. The summed E-state index contributed by atoms with van der Waals surface area (Å²) in [6.45, 7) is 12.5. The van der Waals surface area contributed by atoms with Crippen LogP contribution >= 0.6 is 0 Å². The van der Waals surface area contributed by atoms with Gasteiger partial charge in [-0.25, -0.2) is 4.79 Å². The van der Waals surface area contributed by atoms with Crippen molar-refractivity contribution in [3.8, 4) is 0 Å². The number of ether oxygens (including phenoxy) is 1. The van der Waals surface area contributed by atoms with Crippen LogP contribution < -0.4 is 0 Å². The van der Waals surface area contributed by atoms with Gasteiger partial charge in [0.15, 0.2) is 0 Å². The van der Waals surface area contributed by atoms with Crippen molar-refractivity contribution in [3.05, 3.63) is 24.9 Å². The molecule has 1 rings (SSSR count). The normalized spacial score (nSPS) is 12.9. The van der Waals surface area contributed by atoms with Gasteiger partial charge in [0.2, 0.25) is 5.91 Å². The molecule has 4 nitrogen and oxygen atoms in total. The summed E-state index contributed by atoms with van der Waals surface area (Å²) in [7, 11) is 0. The Labute approximate surface area is 198 Å². The Kier molecular flexibility index (Phi) is 21.5. The van der Waals surface area contributed by atoms with Crippen molar-refractivity contribution in [3.63, 3.8) is 0 Å². The van der Waals surface area contributed by atoms with Crippen LogP contribution in [-0.4, -0.2) is 29.9 Å². The SMILES string of the molecule is C=C(C)C(=O)OCCCCCCCCCCCCCCCCCC.C=CN1CCCC1=O. The third-order valence-corrected chi connectivity index (χ3v) is 5.91. The van der Waals surface area contributed by atoms with Gasteiger partial charge in [-0.05, 0) is 26.0 Å². The van der Waals surface area contributed by atoms with Crippen molar-refractivity contribution in [1.82, 2.24) is 4.90 Å². The summed E-state index contributed by atoms with van der Waals surface area (Å²) in [5.74, 6) is -0.0454. The van der Waals surface area contributed by atoms with E-state index in [4.69, 9.17) is 4.74 Å². The molecule has 0 spiro atoms. The van der Waals surface area contributed by atoms with Crippen molar-refractivity contribution in [2.45, 2.75) is 129 Å². The largest absolute Gasteiger partial charge is 0.462 e. The molecule has 1 aliphatic rings. The molecule has 0 aliphatic carbocycles. The van der Waals surface area contributed by atoms with E-state index in [0.29, 0.717) is 18.6 Å². The first kappa shape index (κ1) is 30.4. The van der Waals surface area contributed by atoms with Crippen LogP contribution in [-0.2, 0) is 14.3 Å². The summed E-state index contributed by atoms with van der Waals surface area (Å²) in [6.07, 6.45) is 25.0. The summed E-state index contributed by atoms with van der Waals surface area (Å²) in [5.41, 5.74) is 0.492. The van der Waals surface area contributed by atoms with Crippen molar-refractivity contribution in [1.29, 1.82) is 0 Å². The van der Waals surface area contributed by atoms with E-state index in [0.717, 1.165) is 19.4 Å².